The predicted molar refractivity (Wildman–Crippen MR) is 78.8 cm³/mol. The Morgan fingerprint density at radius 2 is 2.29 bits per heavy atom. The maximum absolute atomic E-state index is 14.1. The van der Waals surface area contributed by atoms with Crippen LogP contribution in [-0.4, -0.2) is 36.7 Å². The molecular weight excluding hydrogens is 273 g/mol. The van der Waals surface area contributed by atoms with E-state index in [1.54, 1.807) is 7.05 Å². The molecule has 1 aromatic rings. The van der Waals surface area contributed by atoms with Gasteiger partial charge in [0.05, 0.1) is 11.7 Å². The van der Waals surface area contributed by atoms with Crippen LogP contribution in [-0.2, 0) is 4.74 Å². The van der Waals surface area contributed by atoms with E-state index in [9.17, 15) is 9.18 Å². The number of carbonyl (C=O) groups is 1. The molecule has 1 heterocycles. The van der Waals surface area contributed by atoms with Crippen molar-refractivity contribution in [2.24, 2.45) is 5.41 Å². The number of aromatic nitrogens is 1. The van der Waals surface area contributed by atoms with Gasteiger partial charge in [-0.3, -0.25) is 4.79 Å². The van der Waals surface area contributed by atoms with Gasteiger partial charge in [-0.1, -0.05) is 13.8 Å². The standard InChI is InChI=1S/C15H22FN3O2/c1-5-21-11-8-10(15(11,2)3)19-14(20)9-6-7-18-13(17-4)12(9)16/h6-7,10-11H,5,8H2,1-4H3,(H,17,18)(H,19,20). The molecule has 0 bridgehead atoms. The van der Waals surface area contributed by atoms with Crippen LogP contribution in [0.3, 0.4) is 0 Å². The van der Waals surface area contributed by atoms with Crippen molar-refractivity contribution in [3.8, 4) is 0 Å². The number of nitrogens with one attached hydrogen (secondary N) is 2. The SMILES string of the molecule is CCOC1CC(NC(=O)c2ccnc(NC)c2F)C1(C)C. The third kappa shape index (κ3) is 2.85. The van der Waals surface area contributed by atoms with Gasteiger partial charge in [-0.15, -0.1) is 0 Å². The van der Waals surface area contributed by atoms with Crippen molar-refractivity contribution in [1.82, 2.24) is 10.3 Å². The molecule has 1 fully saturated rings. The molecule has 0 aliphatic heterocycles. The highest BCUT2D eigenvalue weighted by Gasteiger charge is 2.49. The van der Waals surface area contributed by atoms with Gasteiger partial charge >= 0.3 is 0 Å². The van der Waals surface area contributed by atoms with Gasteiger partial charge in [-0.05, 0) is 19.4 Å². The first-order valence-corrected chi connectivity index (χ1v) is 7.16. The Labute approximate surface area is 124 Å². The van der Waals surface area contributed by atoms with Crippen molar-refractivity contribution in [3.05, 3.63) is 23.6 Å². The minimum Gasteiger partial charge on any atom is -0.378 e. The summed E-state index contributed by atoms with van der Waals surface area (Å²) in [6.45, 7) is 6.69. The van der Waals surface area contributed by atoms with Crippen molar-refractivity contribution in [3.63, 3.8) is 0 Å². The van der Waals surface area contributed by atoms with Gasteiger partial charge in [-0.2, -0.15) is 0 Å². The largest absolute Gasteiger partial charge is 0.378 e. The molecule has 5 nitrogen and oxygen atoms in total. The van der Waals surface area contributed by atoms with Crippen LogP contribution >= 0.6 is 0 Å². The van der Waals surface area contributed by atoms with Gasteiger partial charge in [0.1, 0.15) is 0 Å². The second-order valence-electron chi connectivity index (χ2n) is 5.80. The van der Waals surface area contributed by atoms with Gasteiger partial charge in [0.25, 0.3) is 5.91 Å². The Kier molecular flexibility index (Phi) is 4.46. The molecule has 0 aromatic carbocycles. The van der Waals surface area contributed by atoms with Crippen LogP contribution in [0.5, 0.6) is 0 Å². The highest BCUT2D eigenvalue weighted by atomic mass is 19.1. The van der Waals surface area contributed by atoms with E-state index < -0.39 is 11.7 Å². The maximum Gasteiger partial charge on any atom is 0.254 e. The van der Waals surface area contributed by atoms with Crippen LogP contribution in [0.1, 0.15) is 37.6 Å². The molecule has 2 rings (SSSR count). The average Bonchev–Trinajstić information content (AvgIpc) is 2.46. The lowest BCUT2D eigenvalue weighted by molar-refractivity contribution is -0.111. The number of carbonyl (C=O) groups excluding carboxylic acids is 1. The van der Waals surface area contributed by atoms with E-state index in [1.165, 1.54) is 12.3 Å². The first-order valence-electron chi connectivity index (χ1n) is 7.16. The molecule has 2 unspecified atom stereocenters. The fourth-order valence-electron chi connectivity index (χ4n) is 2.64. The summed E-state index contributed by atoms with van der Waals surface area (Å²) in [5.74, 6) is -0.974. The number of pyridine rings is 1. The van der Waals surface area contributed by atoms with E-state index in [0.717, 1.165) is 6.42 Å². The molecule has 1 saturated carbocycles. The topological polar surface area (TPSA) is 63.2 Å². The number of hydrogen-bond donors (Lipinski definition) is 2. The number of nitrogens with zero attached hydrogens (tertiary/aromatic N) is 1. The maximum atomic E-state index is 14.1. The summed E-state index contributed by atoms with van der Waals surface area (Å²) in [5.41, 5.74) is -0.147. The van der Waals surface area contributed by atoms with Crippen LogP contribution in [0.25, 0.3) is 0 Å². The first-order chi connectivity index (χ1) is 9.91. The lowest BCUT2D eigenvalue weighted by atomic mass is 9.64. The highest BCUT2D eigenvalue weighted by Crippen LogP contribution is 2.42. The van der Waals surface area contributed by atoms with Crippen LogP contribution in [0.15, 0.2) is 12.3 Å². The third-order valence-corrected chi connectivity index (χ3v) is 4.22. The zero-order valence-electron chi connectivity index (χ0n) is 12.9. The first kappa shape index (κ1) is 15.7. The Morgan fingerprint density at radius 3 is 2.86 bits per heavy atom. The van der Waals surface area contributed by atoms with Crippen molar-refractivity contribution in [2.45, 2.75) is 39.3 Å². The summed E-state index contributed by atoms with van der Waals surface area (Å²) in [4.78, 5) is 16.1. The number of anilines is 1. The molecule has 116 valence electrons. The van der Waals surface area contributed by atoms with Gasteiger partial charge < -0.3 is 15.4 Å². The Morgan fingerprint density at radius 1 is 1.57 bits per heavy atom. The molecular formula is C15H22FN3O2. The Hall–Kier alpha value is -1.69. The van der Waals surface area contributed by atoms with Crippen molar-refractivity contribution >= 4 is 11.7 Å². The van der Waals surface area contributed by atoms with Gasteiger partial charge in [0.15, 0.2) is 11.6 Å². The molecule has 2 N–H and O–H groups in total. The van der Waals surface area contributed by atoms with E-state index in [4.69, 9.17) is 4.74 Å². The van der Waals surface area contributed by atoms with Gasteiger partial charge in [0, 0.05) is 31.3 Å². The van der Waals surface area contributed by atoms with E-state index in [2.05, 4.69) is 15.6 Å². The molecule has 1 aliphatic rings. The summed E-state index contributed by atoms with van der Waals surface area (Å²) >= 11 is 0. The van der Waals surface area contributed by atoms with Crippen LogP contribution in [0, 0.1) is 11.2 Å². The molecule has 1 amide bonds. The smallest absolute Gasteiger partial charge is 0.254 e. The zero-order valence-corrected chi connectivity index (χ0v) is 12.9. The minimum absolute atomic E-state index is 0.00464. The van der Waals surface area contributed by atoms with Gasteiger partial charge in [0.2, 0.25) is 0 Å². The van der Waals surface area contributed by atoms with E-state index >= 15 is 0 Å². The lowest BCUT2D eigenvalue weighted by Crippen LogP contribution is -2.62. The van der Waals surface area contributed by atoms with Crippen LogP contribution in [0.2, 0.25) is 0 Å². The van der Waals surface area contributed by atoms with Gasteiger partial charge in [-0.25, -0.2) is 9.37 Å². The van der Waals surface area contributed by atoms with Crippen molar-refractivity contribution in [2.75, 3.05) is 19.0 Å². The van der Waals surface area contributed by atoms with Crippen LogP contribution < -0.4 is 10.6 Å². The molecule has 21 heavy (non-hydrogen) atoms. The third-order valence-electron chi connectivity index (χ3n) is 4.22. The Bertz CT molecular complexity index is 534. The Balaban J connectivity index is 2.07. The molecule has 0 spiro atoms. The predicted octanol–water partition coefficient (Wildman–Crippen LogP) is 2.20. The van der Waals surface area contributed by atoms with E-state index in [-0.39, 0.29) is 28.9 Å². The summed E-state index contributed by atoms with van der Waals surface area (Å²) in [5, 5.41) is 5.51. The number of hydrogen-bond acceptors (Lipinski definition) is 4. The molecule has 1 aliphatic carbocycles. The molecule has 0 radical (unpaired) electrons. The number of ether oxygens (including phenoxy) is 1. The molecule has 2 atom stereocenters. The number of rotatable bonds is 5. The second-order valence-corrected chi connectivity index (χ2v) is 5.80. The lowest BCUT2D eigenvalue weighted by Gasteiger charge is -2.51. The summed E-state index contributed by atoms with van der Waals surface area (Å²) in [6, 6.07) is 1.36. The van der Waals surface area contributed by atoms with E-state index in [1.807, 2.05) is 20.8 Å². The normalized spacial score (nSPS) is 23.3. The average molecular weight is 295 g/mol. The quantitative estimate of drug-likeness (QED) is 0.874. The number of halogens is 1. The number of amides is 1. The molecule has 1 aromatic heterocycles. The summed E-state index contributed by atoms with van der Waals surface area (Å²) in [7, 11) is 1.56. The second kappa shape index (κ2) is 5.97. The monoisotopic (exact) mass is 295 g/mol. The fourth-order valence-corrected chi connectivity index (χ4v) is 2.64. The molecule has 0 saturated heterocycles. The summed E-state index contributed by atoms with van der Waals surface area (Å²) in [6.07, 6.45) is 2.29. The van der Waals surface area contributed by atoms with Crippen molar-refractivity contribution < 1.29 is 13.9 Å². The minimum atomic E-state index is -0.629. The molecule has 6 heteroatoms. The zero-order chi connectivity index (χ0) is 15.6. The van der Waals surface area contributed by atoms with Crippen LogP contribution in [0.4, 0.5) is 10.2 Å². The van der Waals surface area contributed by atoms with E-state index in [0.29, 0.717) is 6.61 Å². The summed E-state index contributed by atoms with van der Waals surface area (Å²) < 4.78 is 19.7. The fraction of sp³-hybridized carbons (Fsp3) is 0.600. The highest BCUT2D eigenvalue weighted by molar-refractivity contribution is 5.95. The van der Waals surface area contributed by atoms with Crippen molar-refractivity contribution in [1.29, 1.82) is 0 Å².